The van der Waals surface area contributed by atoms with Gasteiger partial charge in [0, 0.05) is 5.88 Å². The lowest BCUT2D eigenvalue weighted by molar-refractivity contribution is -0.123. The van der Waals surface area contributed by atoms with E-state index in [2.05, 4.69) is 5.32 Å². The molecule has 122 valence electrons. The van der Waals surface area contributed by atoms with Crippen LogP contribution in [-0.4, -0.2) is 37.4 Å². The number of Topliss-reactive ketones (excluding diaryl/α,β-unsaturated/α-hetero) is 1. The van der Waals surface area contributed by atoms with E-state index in [9.17, 15) is 13.2 Å². The van der Waals surface area contributed by atoms with Crippen molar-refractivity contribution in [1.29, 1.82) is 0 Å². The molecule has 1 heterocycles. The number of piperidine rings is 1. The van der Waals surface area contributed by atoms with Crippen LogP contribution in [0.1, 0.15) is 31.7 Å². The maximum Gasteiger partial charge on any atom is 0.192 e. The van der Waals surface area contributed by atoms with Gasteiger partial charge in [-0.25, -0.2) is 8.42 Å². The van der Waals surface area contributed by atoms with Crippen LogP contribution in [0, 0.1) is 6.92 Å². The maximum atomic E-state index is 13.0. The number of carbonyl (C=O) groups is 1. The molecule has 1 saturated heterocycles. The van der Waals surface area contributed by atoms with Gasteiger partial charge in [-0.1, -0.05) is 18.6 Å². The number of hydrogen-bond acceptors (Lipinski definition) is 4. The summed E-state index contributed by atoms with van der Waals surface area (Å²) in [6, 6.07) is 6.18. The molecule has 2 rings (SSSR count). The van der Waals surface area contributed by atoms with Crippen molar-refractivity contribution in [1.82, 2.24) is 5.32 Å². The van der Waals surface area contributed by atoms with Gasteiger partial charge in [0.05, 0.1) is 10.9 Å². The summed E-state index contributed by atoms with van der Waals surface area (Å²) in [5, 5.41) is 3.12. The summed E-state index contributed by atoms with van der Waals surface area (Å²) in [4.78, 5) is 13.0. The second kappa shape index (κ2) is 6.69. The van der Waals surface area contributed by atoms with Crippen LogP contribution in [0.25, 0.3) is 0 Å². The summed E-state index contributed by atoms with van der Waals surface area (Å²) in [5.41, 5.74) is 0.834. The molecule has 0 saturated carbocycles. The van der Waals surface area contributed by atoms with Gasteiger partial charge in [0.15, 0.2) is 15.6 Å². The quantitative estimate of drug-likeness (QED) is 0.834. The Bertz CT molecular complexity index is 653. The third-order valence-corrected chi connectivity index (χ3v) is 7.40. The SMILES string of the molecule is Cc1cccc(S(=O)(=O)C(C)(CCl)C(=O)C2CCCCN2)c1. The van der Waals surface area contributed by atoms with Crippen molar-refractivity contribution < 1.29 is 13.2 Å². The van der Waals surface area contributed by atoms with Crippen molar-refractivity contribution in [2.45, 2.75) is 48.8 Å². The molecule has 0 radical (unpaired) electrons. The van der Waals surface area contributed by atoms with Crippen LogP contribution in [0.5, 0.6) is 0 Å². The zero-order valence-corrected chi connectivity index (χ0v) is 14.5. The second-order valence-corrected chi connectivity index (χ2v) is 8.70. The van der Waals surface area contributed by atoms with Gasteiger partial charge in [0.2, 0.25) is 0 Å². The number of carbonyl (C=O) groups excluding carboxylic acids is 1. The third-order valence-electron chi connectivity index (χ3n) is 4.30. The van der Waals surface area contributed by atoms with E-state index in [0.717, 1.165) is 24.9 Å². The van der Waals surface area contributed by atoms with Gasteiger partial charge in [-0.2, -0.15) is 0 Å². The van der Waals surface area contributed by atoms with Crippen molar-refractivity contribution in [2.24, 2.45) is 0 Å². The molecule has 1 N–H and O–H groups in total. The largest absolute Gasteiger partial charge is 0.307 e. The van der Waals surface area contributed by atoms with E-state index in [0.29, 0.717) is 6.42 Å². The molecular weight excluding hydrogens is 322 g/mol. The lowest BCUT2D eigenvalue weighted by Gasteiger charge is -2.32. The number of halogens is 1. The van der Waals surface area contributed by atoms with Crippen LogP contribution in [0.2, 0.25) is 0 Å². The third kappa shape index (κ3) is 3.07. The molecule has 2 unspecified atom stereocenters. The van der Waals surface area contributed by atoms with Gasteiger partial charge < -0.3 is 5.32 Å². The zero-order valence-electron chi connectivity index (χ0n) is 12.9. The topological polar surface area (TPSA) is 63.2 Å². The summed E-state index contributed by atoms with van der Waals surface area (Å²) in [7, 11) is -3.84. The fourth-order valence-corrected chi connectivity index (χ4v) is 4.99. The molecule has 0 aromatic heterocycles. The highest BCUT2D eigenvalue weighted by Crippen LogP contribution is 2.31. The van der Waals surface area contributed by atoms with Crippen molar-refractivity contribution >= 4 is 27.2 Å². The molecule has 2 atom stereocenters. The Morgan fingerprint density at radius 2 is 2.14 bits per heavy atom. The van der Waals surface area contributed by atoms with Crippen LogP contribution in [0.4, 0.5) is 0 Å². The van der Waals surface area contributed by atoms with Crippen LogP contribution >= 0.6 is 11.6 Å². The Kier molecular flexibility index (Phi) is 5.30. The minimum Gasteiger partial charge on any atom is -0.307 e. The predicted molar refractivity (Wildman–Crippen MR) is 88.1 cm³/mol. The van der Waals surface area contributed by atoms with Gasteiger partial charge in [0.25, 0.3) is 0 Å². The van der Waals surface area contributed by atoms with Crippen molar-refractivity contribution in [3.05, 3.63) is 29.8 Å². The molecule has 6 heteroatoms. The first-order chi connectivity index (χ1) is 10.3. The molecule has 0 spiro atoms. The maximum absolute atomic E-state index is 13.0. The summed E-state index contributed by atoms with van der Waals surface area (Å²) < 4.78 is 24.4. The smallest absolute Gasteiger partial charge is 0.192 e. The number of rotatable bonds is 5. The summed E-state index contributed by atoms with van der Waals surface area (Å²) in [6.45, 7) is 4.00. The van der Waals surface area contributed by atoms with Crippen LogP contribution in [-0.2, 0) is 14.6 Å². The molecule has 1 aromatic rings. The minimum absolute atomic E-state index is 0.153. The van der Waals surface area contributed by atoms with Crippen molar-refractivity contribution in [3.8, 4) is 0 Å². The number of ketones is 1. The lowest BCUT2D eigenvalue weighted by Crippen LogP contribution is -2.55. The fourth-order valence-electron chi connectivity index (χ4n) is 2.76. The van der Waals surface area contributed by atoms with Gasteiger partial charge in [0.1, 0.15) is 4.75 Å². The molecular formula is C16H22ClNO3S. The van der Waals surface area contributed by atoms with Crippen LogP contribution in [0.15, 0.2) is 29.2 Å². The Labute approximate surface area is 137 Å². The highest BCUT2D eigenvalue weighted by Gasteiger charge is 2.48. The lowest BCUT2D eigenvalue weighted by atomic mass is 9.94. The Balaban J connectivity index is 2.41. The highest BCUT2D eigenvalue weighted by molar-refractivity contribution is 7.93. The number of nitrogens with one attached hydrogen (secondary N) is 1. The number of alkyl halides is 1. The van der Waals surface area contributed by atoms with Crippen molar-refractivity contribution in [3.63, 3.8) is 0 Å². The molecule has 1 aromatic carbocycles. The van der Waals surface area contributed by atoms with Gasteiger partial charge in [-0.15, -0.1) is 11.6 Å². The number of sulfone groups is 1. The Morgan fingerprint density at radius 1 is 1.41 bits per heavy atom. The molecule has 0 amide bonds. The molecule has 0 aliphatic carbocycles. The summed E-state index contributed by atoms with van der Waals surface area (Å²) in [5.74, 6) is -0.580. The summed E-state index contributed by atoms with van der Waals surface area (Å²) >= 11 is 5.97. The van der Waals surface area contributed by atoms with E-state index in [1.165, 1.54) is 13.0 Å². The number of aryl methyl sites for hydroxylation is 1. The monoisotopic (exact) mass is 343 g/mol. The average molecular weight is 344 g/mol. The minimum atomic E-state index is -3.84. The average Bonchev–Trinajstić information content (AvgIpc) is 2.54. The Morgan fingerprint density at radius 3 is 2.68 bits per heavy atom. The first-order valence-corrected chi connectivity index (χ1v) is 9.49. The number of hydrogen-bond donors (Lipinski definition) is 1. The van der Waals surface area contributed by atoms with Crippen molar-refractivity contribution in [2.75, 3.05) is 12.4 Å². The summed E-state index contributed by atoms with van der Waals surface area (Å²) in [6.07, 6.45) is 2.59. The zero-order chi connectivity index (χ0) is 16.4. The molecule has 4 nitrogen and oxygen atoms in total. The van der Waals surface area contributed by atoms with E-state index in [1.54, 1.807) is 12.1 Å². The molecule has 1 fully saturated rings. The van der Waals surface area contributed by atoms with E-state index >= 15 is 0 Å². The van der Waals surface area contributed by atoms with Gasteiger partial charge in [-0.3, -0.25) is 4.79 Å². The molecule has 1 aliphatic heterocycles. The van der Waals surface area contributed by atoms with Crippen LogP contribution in [0.3, 0.4) is 0 Å². The Hall–Kier alpha value is -0.910. The van der Waals surface area contributed by atoms with E-state index in [4.69, 9.17) is 11.6 Å². The molecule has 0 bridgehead atoms. The predicted octanol–water partition coefficient (Wildman–Crippen LogP) is 2.48. The standard InChI is InChI=1S/C16H22ClNO3S/c1-12-6-5-7-13(10-12)22(20,21)16(2,11-17)15(19)14-8-3-4-9-18-14/h5-7,10,14,18H,3-4,8-9,11H2,1-2H3. The normalized spacial score (nSPS) is 22.0. The molecule has 22 heavy (non-hydrogen) atoms. The second-order valence-electron chi connectivity index (χ2n) is 6.05. The fraction of sp³-hybridized carbons (Fsp3) is 0.562. The van der Waals surface area contributed by atoms with E-state index < -0.39 is 20.6 Å². The number of benzene rings is 1. The van der Waals surface area contributed by atoms with E-state index in [1.807, 2.05) is 13.0 Å². The van der Waals surface area contributed by atoms with E-state index in [-0.39, 0.29) is 16.6 Å². The highest BCUT2D eigenvalue weighted by atomic mass is 35.5. The van der Waals surface area contributed by atoms with Crippen LogP contribution < -0.4 is 5.32 Å². The first-order valence-electron chi connectivity index (χ1n) is 7.48. The molecule has 1 aliphatic rings. The van der Waals surface area contributed by atoms with Gasteiger partial charge >= 0.3 is 0 Å². The van der Waals surface area contributed by atoms with Gasteiger partial charge in [-0.05, 0) is 50.9 Å². The first kappa shape index (κ1) is 17.4.